The van der Waals surface area contributed by atoms with Gasteiger partial charge in [0.2, 0.25) is 0 Å². The first-order valence-electron chi connectivity index (χ1n) is 6.27. The van der Waals surface area contributed by atoms with Gasteiger partial charge in [-0.2, -0.15) is 0 Å². The summed E-state index contributed by atoms with van der Waals surface area (Å²) in [6, 6.07) is 1.49. The van der Waals surface area contributed by atoms with Gasteiger partial charge in [-0.25, -0.2) is 4.79 Å². The van der Waals surface area contributed by atoms with Crippen molar-refractivity contribution in [3.63, 3.8) is 0 Å². The van der Waals surface area contributed by atoms with E-state index in [1.165, 1.54) is 10.6 Å². The summed E-state index contributed by atoms with van der Waals surface area (Å²) in [6.07, 6.45) is 4.66. The number of aromatic carboxylic acids is 1. The Kier molecular flexibility index (Phi) is 3.05. The molecule has 1 N–H and O–H groups in total. The van der Waals surface area contributed by atoms with Gasteiger partial charge in [0.25, 0.3) is 0 Å². The predicted molar refractivity (Wildman–Crippen MR) is 67.8 cm³/mol. The normalized spacial score (nSPS) is 22.1. The molecular formula is C14H19NO3. The second-order valence-electron chi connectivity index (χ2n) is 5.83. The Hall–Kier alpha value is -1.58. The highest BCUT2D eigenvalue weighted by Gasteiger charge is 2.39. The van der Waals surface area contributed by atoms with E-state index < -0.39 is 5.97 Å². The van der Waals surface area contributed by atoms with Crippen LogP contribution in [0.3, 0.4) is 0 Å². The molecule has 0 aromatic carbocycles. The number of carboxylic acids is 1. The lowest BCUT2D eigenvalue weighted by molar-refractivity contribution is 0.0686. The lowest BCUT2D eigenvalue weighted by Gasteiger charge is -2.25. The summed E-state index contributed by atoms with van der Waals surface area (Å²) < 4.78 is 1.50. The van der Waals surface area contributed by atoms with Crippen LogP contribution in [0.1, 0.15) is 54.0 Å². The molecular weight excluding hydrogens is 230 g/mol. The number of carboxylic acid groups (broad SMARTS) is 1. The molecule has 0 saturated heterocycles. The molecule has 4 heteroatoms. The molecule has 98 valence electrons. The van der Waals surface area contributed by atoms with E-state index in [-0.39, 0.29) is 22.8 Å². The van der Waals surface area contributed by atoms with E-state index in [1.807, 2.05) is 0 Å². The monoisotopic (exact) mass is 249 g/mol. The van der Waals surface area contributed by atoms with Crippen molar-refractivity contribution >= 4 is 11.8 Å². The molecule has 1 aromatic rings. The molecule has 4 nitrogen and oxygen atoms in total. The number of aryl methyl sites for hydroxylation is 1. The van der Waals surface area contributed by atoms with Gasteiger partial charge in [-0.15, -0.1) is 0 Å². The smallest absolute Gasteiger partial charge is 0.352 e. The van der Waals surface area contributed by atoms with Gasteiger partial charge in [0, 0.05) is 24.7 Å². The third-order valence-corrected chi connectivity index (χ3v) is 4.08. The third kappa shape index (κ3) is 2.07. The number of hydrogen-bond donors (Lipinski definition) is 1. The highest BCUT2D eigenvalue weighted by atomic mass is 16.4. The summed E-state index contributed by atoms with van der Waals surface area (Å²) >= 11 is 0. The zero-order valence-electron chi connectivity index (χ0n) is 11.1. The molecule has 1 aliphatic carbocycles. The Morgan fingerprint density at radius 1 is 1.44 bits per heavy atom. The quantitative estimate of drug-likeness (QED) is 0.838. The van der Waals surface area contributed by atoms with Crippen LogP contribution in [0, 0.1) is 11.3 Å². The minimum absolute atomic E-state index is 0.0153. The maximum atomic E-state index is 12.4. The number of Topliss-reactive ketones (excluding diaryl/α,β-unsaturated/α-hetero) is 1. The fraction of sp³-hybridized carbons (Fsp3) is 0.571. The minimum Gasteiger partial charge on any atom is -0.477 e. The number of rotatable bonds is 3. The van der Waals surface area contributed by atoms with Gasteiger partial charge in [-0.1, -0.05) is 20.3 Å². The van der Waals surface area contributed by atoms with Crippen LogP contribution in [0.2, 0.25) is 0 Å². The molecule has 1 atom stereocenters. The number of ketones is 1. The van der Waals surface area contributed by atoms with E-state index in [4.69, 9.17) is 5.11 Å². The summed E-state index contributed by atoms with van der Waals surface area (Å²) in [5.41, 5.74) is 0.708. The van der Waals surface area contributed by atoms with Crippen molar-refractivity contribution in [3.05, 3.63) is 23.5 Å². The number of carbonyl (C=O) groups is 2. The summed E-state index contributed by atoms with van der Waals surface area (Å²) in [5, 5.41) is 9.00. The van der Waals surface area contributed by atoms with E-state index >= 15 is 0 Å². The van der Waals surface area contributed by atoms with Gasteiger partial charge in [-0.3, -0.25) is 4.79 Å². The van der Waals surface area contributed by atoms with E-state index in [2.05, 4.69) is 13.8 Å². The molecule has 0 amide bonds. The second-order valence-corrected chi connectivity index (χ2v) is 5.83. The van der Waals surface area contributed by atoms with E-state index in [0.717, 1.165) is 19.3 Å². The molecule has 0 radical (unpaired) electrons. The molecule has 1 aromatic heterocycles. The molecule has 1 unspecified atom stereocenters. The maximum Gasteiger partial charge on any atom is 0.352 e. The summed E-state index contributed by atoms with van der Waals surface area (Å²) in [5.74, 6) is -0.899. The van der Waals surface area contributed by atoms with Crippen LogP contribution < -0.4 is 0 Å². The Morgan fingerprint density at radius 3 is 2.56 bits per heavy atom. The van der Waals surface area contributed by atoms with Crippen molar-refractivity contribution < 1.29 is 14.7 Å². The highest BCUT2D eigenvalue weighted by Crippen LogP contribution is 2.44. The molecule has 1 saturated carbocycles. The van der Waals surface area contributed by atoms with Crippen molar-refractivity contribution in [2.24, 2.45) is 18.4 Å². The Bertz CT molecular complexity index is 499. The predicted octanol–water partition coefficient (Wildman–Crippen LogP) is 2.73. The van der Waals surface area contributed by atoms with Gasteiger partial charge >= 0.3 is 5.97 Å². The van der Waals surface area contributed by atoms with E-state index in [1.54, 1.807) is 13.2 Å². The summed E-state index contributed by atoms with van der Waals surface area (Å²) in [7, 11) is 1.65. The van der Waals surface area contributed by atoms with Gasteiger partial charge in [0.15, 0.2) is 5.78 Å². The highest BCUT2D eigenvalue weighted by molar-refractivity contribution is 6.00. The van der Waals surface area contributed by atoms with Crippen molar-refractivity contribution in [1.29, 1.82) is 0 Å². The molecule has 1 fully saturated rings. The minimum atomic E-state index is -0.998. The zero-order chi connectivity index (χ0) is 13.5. The number of hydrogen-bond acceptors (Lipinski definition) is 2. The van der Waals surface area contributed by atoms with Gasteiger partial charge in [-0.05, 0) is 24.3 Å². The first kappa shape index (κ1) is 12.9. The average molecular weight is 249 g/mol. The fourth-order valence-electron chi connectivity index (χ4n) is 2.93. The van der Waals surface area contributed by atoms with Crippen LogP contribution in [-0.2, 0) is 7.05 Å². The summed E-state index contributed by atoms with van der Waals surface area (Å²) in [4.78, 5) is 23.4. The number of carbonyl (C=O) groups excluding carboxylic acids is 1. The van der Waals surface area contributed by atoms with Crippen LogP contribution >= 0.6 is 0 Å². The molecule has 2 rings (SSSR count). The number of aromatic nitrogens is 1. The first-order chi connectivity index (χ1) is 8.33. The van der Waals surface area contributed by atoms with E-state index in [9.17, 15) is 9.59 Å². The Morgan fingerprint density at radius 2 is 2.11 bits per heavy atom. The van der Waals surface area contributed by atoms with E-state index in [0.29, 0.717) is 5.56 Å². The lowest BCUT2D eigenvalue weighted by atomic mass is 9.78. The van der Waals surface area contributed by atoms with Crippen LogP contribution in [0.25, 0.3) is 0 Å². The van der Waals surface area contributed by atoms with Gasteiger partial charge in [0.05, 0.1) is 0 Å². The zero-order valence-corrected chi connectivity index (χ0v) is 11.1. The van der Waals surface area contributed by atoms with Crippen molar-refractivity contribution in [2.45, 2.75) is 33.1 Å². The molecule has 1 aliphatic rings. The molecule has 0 spiro atoms. The van der Waals surface area contributed by atoms with Crippen LogP contribution in [0.15, 0.2) is 12.3 Å². The van der Waals surface area contributed by atoms with Gasteiger partial charge < -0.3 is 9.67 Å². The van der Waals surface area contributed by atoms with Crippen LogP contribution in [0.4, 0.5) is 0 Å². The number of nitrogens with zero attached hydrogens (tertiary/aromatic N) is 1. The lowest BCUT2D eigenvalue weighted by Crippen LogP contribution is -2.25. The molecule has 0 bridgehead atoms. The third-order valence-electron chi connectivity index (χ3n) is 4.08. The molecule has 1 heterocycles. The Balaban J connectivity index is 2.30. The largest absolute Gasteiger partial charge is 0.477 e. The topological polar surface area (TPSA) is 59.3 Å². The second kappa shape index (κ2) is 4.26. The maximum absolute atomic E-state index is 12.4. The summed E-state index contributed by atoms with van der Waals surface area (Å²) in [6.45, 7) is 4.23. The van der Waals surface area contributed by atoms with Crippen LogP contribution in [0.5, 0.6) is 0 Å². The average Bonchev–Trinajstić information content (AvgIpc) is 2.80. The SMILES string of the molecule is Cn1cc(C(=O)C2CCCC2(C)C)cc1C(=O)O. The molecule has 0 aliphatic heterocycles. The fourth-order valence-corrected chi connectivity index (χ4v) is 2.93. The van der Waals surface area contributed by atoms with Crippen LogP contribution in [-0.4, -0.2) is 21.4 Å². The van der Waals surface area contributed by atoms with Gasteiger partial charge in [0.1, 0.15) is 5.69 Å². The van der Waals surface area contributed by atoms with Crippen molar-refractivity contribution in [3.8, 4) is 0 Å². The standard InChI is InChI=1S/C14H19NO3/c1-14(2)6-4-5-10(14)12(16)9-7-11(13(17)18)15(3)8-9/h7-8,10H,4-6H2,1-3H3,(H,17,18). The van der Waals surface area contributed by atoms with Crippen molar-refractivity contribution in [2.75, 3.05) is 0 Å². The first-order valence-corrected chi connectivity index (χ1v) is 6.27. The Labute approximate surface area is 107 Å². The molecule has 18 heavy (non-hydrogen) atoms. The van der Waals surface area contributed by atoms with Crippen molar-refractivity contribution in [1.82, 2.24) is 4.57 Å².